The normalized spacial score (nSPS) is 8.73. The van der Waals surface area contributed by atoms with E-state index in [2.05, 4.69) is 6.07 Å². The average molecular weight is 149 g/mol. The summed E-state index contributed by atoms with van der Waals surface area (Å²) >= 11 is 0. The molecule has 1 aromatic carbocycles. The standard InChI is InChI=1S/C9H9NO/c1-2-11-9-6-4-3-5-8(9)7-10/h3-6H,2H2,1H3/i7+2. The van der Waals surface area contributed by atoms with Crippen molar-refractivity contribution in [2.45, 2.75) is 6.92 Å². The molecule has 0 heterocycles. The molecule has 2 heteroatoms. The molecule has 0 atom stereocenters. The Morgan fingerprint density at radius 3 is 2.82 bits per heavy atom. The zero-order valence-electron chi connectivity index (χ0n) is 6.37. The average Bonchev–Trinajstić information content (AvgIpc) is 2.06. The van der Waals surface area contributed by atoms with Crippen LogP contribution in [0.4, 0.5) is 0 Å². The van der Waals surface area contributed by atoms with Gasteiger partial charge in [-0.3, -0.25) is 0 Å². The van der Waals surface area contributed by atoms with Gasteiger partial charge in [0.15, 0.2) is 0 Å². The predicted molar refractivity (Wildman–Crippen MR) is 42.3 cm³/mol. The quantitative estimate of drug-likeness (QED) is 0.643. The lowest BCUT2D eigenvalue weighted by Gasteiger charge is -2.02. The zero-order valence-corrected chi connectivity index (χ0v) is 6.37. The highest BCUT2D eigenvalue weighted by molar-refractivity contribution is 5.42. The number of hydrogen-bond donors (Lipinski definition) is 0. The Kier molecular flexibility index (Phi) is 2.51. The van der Waals surface area contributed by atoms with Crippen LogP contribution in [0.25, 0.3) is 0 Å². The third kappa shape index (κ3) is 1.71. The molecule has 11 heavy (non-hydrogen) atoms. The summed E-state index contributed by atoms with van der Waals surface area (Å²) in [4.78, 5) is 0. The Balaban J connectivity index is 2.95. The molecule has 0 bridgehead atoms. The molecule has 0 radical (unpaired) electrons. The van der Waals surface area contributed by atoms with E-state index in [-0.39, 0.29) is 0 Å². The molecule has 0 aliphatic rings. The number of benzene rings is 1. The van der Waals surface area contributed by atoms with E-state index in [9.17, 15) is 0 Å². The van der Waals surface area contributed by atoms with E-state index >= 15 is 0 Å². The van der Waals surface area contributed by atoms with Gasteiger partial charge >= 0.3 is 0 Å². The molecular weight excluding hydrogens is 140 g/mol. The first-order valence-electron chi connectivity index (χ1n) is 3.50. The van der Waals surface area contributed by atoms with Crippen LogP contribution in [0.2, 0.25) is 0 Å². The molecule has 56 valence electrons. The van der Waals surface area contributed by atoms with Gasteiger partial charge in [0.05, 0.1) is 12.2 Å². The third-order valence-corrected chi connectivity index (χ3v) is 1.31. The largest absolute Gasteiger partial charge is 0.492 e. The fraction of sp³-hybridized carbons (Fsp3) is 0.222. The number of para-hydroxylation sites is 1. The molecule has 0 aliphatic carbocycles. The highest BCUT2D eigenvalue weighted by Crippen LogP contribution is 2.15. The summed E-state index contributed by atoms with van der Waals surface area (Å²) in [7, 11) is 0. The van der Waals surface area contributed by atoms with Gasteiger partial charge in [0, 0.05) is 0 Å². The van der Waals surface area contributed by atoms with Gasteiger partial charge in [-0.1, -0.05) is 12.1 Å². The smallest absolute Gasteiger partial charge is 0.137 e. The maximum absolute atomic E-state index is 8.62. The van der Waals surface area contributed by atoms with E-state index in [1.807, 2.05) is 19.1 Å². The Hall–Kier alpha value is -1.49. The predicted octanol–water partition coefficient (Wildman–Crippen LogP) is 1.96. The van der Waals surface area contributed by atoms with E-state index in [0.29, 0.717) is 17.9 Å². The fourth-order valence-electron chi connectivity index (χ4n) is 0.840. The minimum atomic E-state index is 0.592. The monoisotopic (exact) mass is 149 g/mol. The van der Waals surface area contributed by atoms with Crippen LogP contribution < -0.4 is 4.74 Å². The summed E-state index contributed by atoms with van der Waals surface area (Å²) in [5, 5.41) is 8.62. The van der Waals surface area contributed by atoms with Gasteiger partial charge in [0.2, 0.25) is 0 Å². The Labute approximate surface area is 66.0 Å². The molecule has 0 amide bonds. The van der Waals surface area contributed by atoms with Crippen LogP contribution >= 0.6 is 0 Å². The van der Waals surface area contributed by atoms with Crippen molar-refractivity contribution in [1.29, 1.82) is 5.26 Å². The van der Waals surface area contributed by atoms with Crippen LogP contribution in [0.1, 0.15) is 12.5 Å². The van der Waals surface area contributed by atoms with Gasteiger partial charge in [-0.25, -0.2) is 0 Å². The van der Waals surface area contributed by atoms with E-state index in [1.54, 1.807) is 12.1 Å². The van der Waals surface area contributed by atoms with E-state index in [0.717, 1.165) is 0 Å². The van der Waals surface area contributed by atoms with Crippen LogP contribution in [0.5, 0.6) is 5.75 Å². The second-order valence-electron chi connectivity index (χ2n) is 2.04. The molecule has 0 aliphatic heterocycles. The third-order valence-electron chi connectivity index (χ3n) is 1.31. The first-order chi connectivity index (χ1) is 5.38. The lowest BCUT2D eigenvalue weighted by molar-refractivity contribution is 0.339. The Bertz CT molecular complexity index is 275. The van der Waals surface area contributed by atoms with Gasteiger partial charge in [0.1, 0.15) is 11.8 Å². The highest BCUT2D eigenvalue weighted by atomic mass is 16.5. The van der Waals surface area contributed by atoms with Crippen LogP contribution in [0, 0.1) is 11.3 Å². The molecule has 0 N–H and O–H groups in total. The zero-order chi connectivity index (χ0) is 8.10. The maximum atomic E-state index is 8.62. The summed E-state index contributed by atoms with van der Waals surface area (Å²) in [5.74, 6) is 0.664. The molecule has 1 aromatic rings. The van der Waals surface area contributed by atoms with Gasteiger partial charge in [0.25, 0.3) is 0 Å². The Morgan fingerprint density at radius 2 is 2.18 bits per heavy atom. The number of nitrogens with zero attached hydrogens (tertiary/aromatic N) is 1. The van der Waals surface area contributed by atoms with Crippen molar-refractivity contribution >= 4 is 0 Å². The van der Waals surface area contributed by atoms with Crippen LogP contribution in [0.15, 0.2) is 24.3 Å². The number of hydrogen-bond acceptors (Lipinski definition) is 2. The Morgan fingerprint density at radius 1 is 1.45 bits per heavy atom. The summed E-state index contributed by atoms with van der Waals surface area (Å²) in [6, 6.07) is 9.26. The second kappa shape index (κ2) is 3.62. The minimum Gasteiger partial charge on any atom is -0.492 e. The lowest BCUT2D eigenvalue weighted by Crippen LogP contribution is -1.93. The summed E-state index contributed by atoms with van der Waals surface area (Å²) in [5.41, 5.74) is 0.592. The molecule has 2 nitrogen and oxygen atoms in total. The summed E-state index contributed by atoms with van der Waals surface area (Å²) < 4.78 is 5.21. The van der Waals surface area contributed by atoms with Crippen molar-refractivity contribution in [1.82, 2.24) is 0 Å². The molecule has 0 fully saturated rings. The molecule has 0 saturated carbocycles. The van der Waals surface area contributed by atoms with Crippen molar-refractivity contribution in [3.8, 4) is 11.8 Å². The molecule has 0 spiro atoms. The maximum Gasteiger partial charge on any atom is 0.137 e. The molecule has 1 rings (SSSR count). The first kappa shape index (κ1) is 7.62. The molecule has 0 saturated heterocycles. The topological polar surface area (TPSA) is 33.0 Å². The van der Waals surface area contributed by atoms with Crippen LogP contribution in [-0.4, -0.2) is 6.61 Å². The van der Waals surface area contributed by atoms with E-state index in [1.165, 1.54) is 0 Å². The first-order valence-corrected chi connectivity index (χ1v) is 3.50. The SMILES string of the molecule is CCOc1ccccc1[14C]#N. The van der Waals surface area contributed by atoms with Crippen molar-refractivity contribution in [2.75, 3.05) is 6.61 Å². The second-order valence-corrected chi connectivity index (χ2v) is 2.04. The summed E-state index contributed by atoms with van der Waals surface area (Å²) in [6.45, 7) is 2.49. The van der Waals surface area contributed by atoms with Gasteiger partial charge in [-0.05, 0) is 19.1 Å². The van der Waals surface area contributed by atoms with Crippen LogP contribution in [0.3, 0.4) is 0 Å². The van der Waals surface area contributed by atoms with E-state index in [4.69, 9.17) is 10.00 Å². The molecule has 0 aromatic heterocycles. The van der Waals surface area contributed by atoms with E-state index < -0.39 is 0 Å². The molecular formula is C9H9NO. The minimum absolute atomic E-state index is 0.592. The number of ether oxygens (including phenoxy) is 1. The van der Waals surface area contributed by atoms with Gasteiger partial charge in [-0.2, -0.15) is 5.26 Å². The van der Waals surface area contributed by atoms with Crippen molar-refractivity contribution in [3.63, 3.8) is 0 Å². The van der Waals surface area contributed by atoms with Crippen molar-refractivity contribution in [3.05, 3.63) is 29.8 Å². The molecule has 0 unspecified atom stereocenters. The fourth-order valence-corrected chi connectivity index (χ4v) is 0.840. The highest BCUT2D eigenvalue weighted by Gasteiger charge is 1.98. The number of nitriles is 1. The lowest BCUT2D eigenvalue weighted by atomic mass is 10.3. The van der Waals surface area contributed by atoms with Crippen molar-refractivity contribution in [2.24, 2.45) is 0 Å². The summed E-state index contributed by atoms with van der Waals surface area (Å²) in [6.07, 6.45) is 0. The number of rotatable bonds is 2. The van der Waals surface area contributed by atoms with Crippen LogP contribution in [-0.2, 0) is 0 Å². The van der Waals surface area contributed by atoms with Gasteiger partial charge < -0.3 is 4.74 Å². The van der Waals surface area contributed by atoms with Gasteiger partial charge in [-0.15, -0.1) is 0 Å². The van der Waals surface area contributed by atoms with Crippen molar-refractivity contribution < 1.29 is 4.74 Å².